The van der Waals surface area contributed by atoms with Crippen LogP contribution in [0, 0.1) is 11.8 Å². The number of nitrogens with zero attached hydrogens (tertiary/aromatic N) is 5. The lowest BCUT2D eigenvalue weighted by Crippen LogP contribution is -2.52. The topological polar surface area (TPSA) is 183 Å². The summed E-state index contributed by atoms with van der Waals surface area (Å²) >= 11 is 0. The standard InChI is InChI=1S/C29H33N9O2.ClH/c30-17-19-5-9-22(10-6-19)29(40)38(23-13-11-21(12-14-23)28-34-36-37-35-28)25(27(32)39)16-18-3-7-20(8-4-18)24-2-1-15-33-26(24)31;/h1-4,7-8,11-15,19,22,25H,5-6,9-10,16-17,30H2,(H2,31,33)(H2,32,39)(H,34,35,36,37);1H/t19-,22-,25-;/m0./s1. The number of benzene rings is 2. The van der Waals surface area contributed by atoms with Crippen molar-refractivity contribution in [1.29, 1.82) is 0 Å². The Kier molecular flexibility index (Phi) is 9.64. The van der Waals surface area contributed by atoms with E-state index in [0.29, 0.717) is 29.8 Å². The maximum absolute atomic E-state index is 14.0. The van der Waals surface area contributed by atoms with Gasteiger partial charge >= 0.3 is 0 Å². The Morgan fingerprint density at radius 2 is 1.66 bits per heavy atom. The SMILES string of the molecule is Cl.NC[C@H]1CC[C@H](C(=O)N(c2ccc(-c3nn[nH]n3)cc2)[C@@H](Cc2ccc(-c3cccnc3N)cc2)C(N)=O)CC1. The Balaban J connectivity index is 0.00000387. The molecule has 0 spiro atoms. The van der Waals surface area contributed by atoms with E-state index in [1.807, 2.05) is 36.4 Å². The smallest absolute Gasteiger partial charge is 0.240 e. The number of halogens is 1. The van der Waals surface area contributed by atoms with Gasteiger partial charge in [0.05, 0.1) is 0 Å². The summed E-state index contributed by atoms with van der Waals surface area (Å²) in [4.78, 5) is 32.7. The van der Waals surface area contributed by atoms with Gasteiger partial charge in [0.25, 0.3) is 0 Å². The monoisotopic (exact) mass is 575 g/mol. The molecule has 1 fully saturated rings. The van der Waals surface area contributed by atoms with E-state index >= 15 is 0 Å². The van der Waals surface area contributed by atoms with E-state index in [-0.39, 0.29) is 30.7 Å². The number of pyridine rings is 1. The Morgan fingerprint density at radius 1 is 0.976 bits per heavy atom. The van der Waals surface area contributed by atoms with Crippen molar-refractivity contribution in [3.8, 4) is 22.5 Å². The van der Waals surface area contributed by atoms with Crippen molar-refractivity contribution in [1.82, 2.24) is 25.6 Å². The summed E-state index contributed by atoms with van der Waals surface area (Å²) in [5.41, 5.74) is 21.8. The zero-order valence-corrected chi connectivity index (χ0v) is 23.3. The minimum Gasteiger partial charge on any atom is -0.383 e. The van der Waals surface area contributed by atoms with Crippen LogP contribution < -0.4 is 22.1 Å². The van der Waals surface area contributed by atoms with Gasteiger partial charge in [0.1, 0.15) is 11.9 Å². The quantitative estimate of drug-likeness (QED) is 0.234. The molecule has 1 aliphatic carbocycles. The van der Waals surface area contributed by atoms with Crippen molar-refractivity contribution in [2.45, 2.75) is 38.1 Å². The summed E-state index contributed by atoms with van der Waals surface area (Å²) in [5, 5.41) is 14.1. The molecule has 11 nitrogen and oxygen atoms in total. The number of aromatic amines is 1. The van der Waals surface area contributed by atoms with Crippen LogP contribution in [-0.2, 0) is 16.0 Å². The first-order valence-electron chi connectivity index (χ1n) is 13.4. The number of nitrogen functional groups attached to an aromatic ring is 1. The first-order chi connectivity index (χ1) is 19.4. The van der Waals surface area contributed by atoms with Crippen LogP contribution in [0.25, 0.3) is 22.5 Å². The van der Waals surface area contributed by atoms with Gasteiger partial charge in [0.2, 0.25) is 17.6 Å². The van der Waals surface area contributed by atoms with Crippen LogP contribution in [-0.4, -0.2) is 50.0 Å². The second kappa shape index (κ2) is 13.3. The van der Waals surface area contributed by atoms with Gasteiger partial charge < -0.3 is 17.2 Å². The van der Waals surface area contributed by atoms with Crippen molar-refractivity contribution in [2.75, 3.05) is 17.2 Å². The summed E-state index contributed by atoms with van der Waals surface area (Å²) in [6.07, 6.45) is 5.13. The van der Waals surface area contributed by atoms with Crippen LogP contribution in [0.2, 0.25) is 0 Å². The third-order valence-electron chi connectivity index (χ3n) is 7.69. The first kappa shape index (κ1) is 29.6. The summed E-state index contributed by atoms with van der Waals surface area (Å²) in [7, 11) is 0. The second-order valence-corrected chi connectivity index (χ2v) is 10.2. The molecule has 1 aliphatic rings. The van der Waals surface area contributed by atoms with E-state index in [4.69, 9.17) is 17.2 Å². The Bertz CT molecular complexity index is 1440. The average Bonchev–Trinajstić information content (AvgIpc) is 3.53. The number of anilines is 2. The highest BCUT2D eigenvalue weighted by Crippen LogP contribution is 2.33. The van der Waals surface area contributed by atoms with Crippen molar-refractivity contribution >= 4 is 35.7 Å². The Morgan fingerprint density at radius 3 is 2.24 bits per heavy atom. The highest BCUT2D eigenvalue weighted by atomic mass is 35.5. The van der Waals surface area contributed by atoms with Gasteiger partial charge in [0.15, 0.2) is 0 Å². The lowest BCUT2D eigenvalue weighted by Gasteiger charge is -2.35. The molecule has 0 bridgehead atoms. The van der Waals surface area contributed by atoms with Crippen LogP contribution >= 0.6 is 12.4 Å². The van der Waals surface area contributed by atoms with Crippen LogP contribution in [0.5, 0.6) is 0 Å². The molecule has 0 radical (unpaired) electrons. The third-order valence-corrected chi connectivity index (χ3v) is 7.69. The number of rotatable bonds is 9. The molecule has 2 amide bonds. The maximum atomic E-state index is 14.0. The van der Waals surface area contributed by atoms with Crippen molar-refractivity contribution in [2.24, 2.45) is 23.3 Å². The molecule has 0 aliphatic heterocycles. The molecular formula is C29H34ClN9O2. The fourth-order valence-corrected chi connectivity index (χ4v) is 5.38. The van der Waals surface area contributed by atoms with Crippen LogP contribution in [0.3, 0.4) is 0 Å². The van der Waals surface area contributed by atoms with Gasteiger partial charge in [-0.1, -0.05) is 24.3 Å². The molecule has 12 heteroatoms. The largest absolute Gasteiger partial charge is 0.383 e. The van der Waals surface area contributed by atoms with Crippen molar-refractivity contribution in [3.05, 3.63) is 72.4 Å². The van der Waals surface area contributed by atoms with Crippen LogP contribution in [0.15, 0.2) is 66.9 Å². The molecule has 41 heavy (non-hydrogen) atoms. The highest BCUT2D eigenvalue weighted by Gasteiger charge is 2.36. The number of tetrazole rings is 1. The lowest BCUT2D eigenvalue weighted by molar-refractivity contribution is -0.127. The van der Waals surface area contributed by atoms with Crippen molar-refractivity contribution < 1.29 is 9.59 Å². The number of hydrogen-bond donors (Lipinski definition) is 4. The Hall–Kier alpha value is -4.35. The van der Waals surface area contributed by atoms with Gasteiger partial charge in [-0.05, 0) is 90.9 Å². The maximum Gasteiger partial charge on any atom is 0.240 e. The van der Waals surface area contributed by atoms with E-state index in [1.54, 1.807) is 35.4 Å². The number of nitrogens with two attached hydrogens (primary N) is 3. The number of nitrogens with one attached hydrogen (secondary N) is 1. The fraction of sp³-hybridized carbons (Fsp3) is 0.310. The number of primary amides is 1. The summed E-state index contributed by atoms with van der Waals surface area (Å²) < 4.78 is 0. The lowest BCUT2D eigenvalue weighted by atomic mass is 9.81. The number of H-pyrrole nitrogens is 1. The molecule has 7 N–H and O–H groups in total. The Labute approximate surface area is 244 Å². The third kappa shape index (κ3) is 6.69. The van der Waals surface area contributed by atoms with E-state index in [9.17, 15) is 9.59 Å². The number of amides is 2. The summed E-state index contributed by atoms with van der Waals surface area (Å²) in [5.74, 6) is 0.405. The first-order valence-corrected chi connectivity index (χ1v) is 13.4. The molecule has 2 aromatic carbocycles. The molecule has 1 atom stereocenters. The van der Waals surface area contributed by atoms with E-state index in [0.717, 1.165) is 47.9 Å². The molecule has 2 aromatic heterocycles. The van der Waals surface area contributed by atoms with Crippen molar-refractivity contribution in [3.63, 3.8) is 0 Å². The highest BCUT2D eigenvalue weighted by molar-refractivity contribution is 6.01. The number of aromatic nitrogens is 5. The van der Waals surface area contributed by atoms with Gasteiger partial charge in [-0.25, -0.2) is 4.98 Å². The predicted molar refractivity (Wildman–Crippen MR) is 160 cm³/mol. The molecule has 1 saturated carbocycles. The normalized spacial score (nSPS) is 17.3. The van der Waals surface area contributed by atoms with Gasteiger partial charge in [-0.15, -0.1) is 22.6 Å². The summed E-state index contributed by atoms with van der Waals surface area (Å²) in [6, 6.07) is 17.7. The minimum atomic E-state index is -0.884. The zero-order chi connectivity index (χ0) is 28.1. The number of carbonyl (C=O) groups is 2. The number of hydrogen-bond acceptors (Lipinski definition) is 8. The van der Waals surface area contributed by atoms with E-state index < -0.39 is 11.9 Å². The van der Waals surface area contributed by atoms with Gasteiger partial charge in [-0.2, -0.15) is 5.21 Å². The molecule has 0 unspecified atom stereocenters. The van der Waals surface area contributed by atoms with Crippen LogP contribution in [0.1, 0.15) is 31.2 Å². The molecule has 4 aromatic rings. The predicted octanol–water partition coefficient (Wildman–Crippen LogP) is 3.13. The van der Waals surface area contributed by atoms with E-state index in [1.165, 1.54) is 0 Å². The fourth-order valence-electron chi connectivity index (χ4n) is 5.38. The second-order valence-electron chi connectivity index (χ2n) is 10.2. The van der Waals surface area contributed by atoms with Gasteiger partial charge in [-0.3, -0.25) is 14.5 Å². The van der Waals surface area contributed by atoms with Gasteiger partial charge in [0, 0.05) is 35.3 Å². The van der Waals surface area contributed by atoms with Crippen LogP contribution in [0.4, 0.5) is 11.5 Å². The summed E-state index contributed by atoms with van der Waals surface area (Å²) in [6.45, 7) is 0.618. The minimum absolute atomic E-state index is 0. The van der Waals surface area contributed by atoms with E-state index in [2.05, 4.69) is 25.6 Å². The molecule has 5 rings (SSSR count). The zero-order valence-electron chi connectivity index (χ0n) is 22.5. The average molecular weight is 576 g/mol. The molecule has 214 valence electrons. The molecule has 2 heterocycles. The molecular weight excluding hydrogens is 542 g/mol. The number of carbonyl (C=O) groups excluding carboxylic acids is 2. The molecule has 0 saturated heterocycles.